The second kappa shape index (κ2) is 13.3. The van der Waals surface area contributed by atoms with Gasteiger partial charge in [0, 0.05) is 27.2 Å². The van der Waals surface area contributed by atoms with Crippen molar-refractivity contribution in [1.82, 2.24) is 10.3 Å². The molecule has 1 aromatic rings. The van der Waals surface area contributed by atoms with Gasteiger partial charge in [-0.3, -0.25) is 14.4 Å². The Hall–Kier alpha value is -2.88. The van der Waals surface area contributed by atoms with Gasteiger partial charge in [-0.2, -0.15) is 0 Å². The van der Waals surface area contributed by atoms with Crippen molar-refractivity contribution in [1.29, 1.82) is 0 Å². The molecule has 0 aliphatic rings. The fraction of sp³-hybridized carbons (Fsp3) is 0.545. The van der Waals surface area contributed by atoms with E-state index in [1.807, 2.05) is 0 Å². The van der Waals surface area contributed by atoms with Crippen LogP contribution in [0.4, 0.5) is 0 Å². The lowest BCUT2D eigenvalue weighted by atomic mass is 10.1. The molecule has 1 N–H and O–H groups in total. The maximum atomic E-state index is 11.6. The zero-order chi connectivity index (χ0) is 21.6. The number of nitrogens with one attached hydrogen (secondary N) is 1. The second-order valence-corrected chi connectivity index (χ2v) is 6.70. The van der Waals surface area contributed by atoms with E-state index in [0.717, 1.165) is 19.3 Å². The van der Waals surface area contributed by atoms with Crippen molar-refractivity contribution in [2.24, 2.45) is 0 Å². The molecule has 1 heterocycles. The first-order chi connectivity index (χ1) is 13.8. The van der Waals surface area contributed by atoms with Gasteiger partial charge in [-0.05, 0) is 24.5 Å². The Morgan fingerprint density at radius 3 is 2.48 bits per heavy atom. The molecule has 0 bridgehead atoms. The predicted molar refractivity (Wildman–Crippen MR) is 109 cm³/mol. The summed E-state index contributed by atoms with van der Waals surface area (Å²) in [6.45, 7) is 5.88. The summed E-state index contributed by atoms with van der Waals surface area (Å²) < 4.78 is 10.4. The van der Waals surface area contributed by atoms with Crippen LogP contribution in [0.3, 0.4) is 0 Å². The molecule has 1 aromatic heterocycles. The average molecular weight is 402 g/mol. The largest absolute Gasteiger partial charge is 0.464 e. The van der Waals surface area contributed by atoms with E-state index in [2.05, 4.69) is 29.1 Å². The Morgan fingerprint density at radius 2 is 1.86 bits per heavy atom. The molecular formula is C22H30N2O5. The zero-order valence-electron chi connectivity index (χ0n) is 17.6. The summed E-state index contributed by atoms with van der Waals surface area (Å²) in [4.78, 5) is 38.9. The van der Waals surface area contributed by atoms with Crippen molar-refractivity contribution >= 4 is 17.8 Å². The lowest BCUT2D eigenvalue weighted by Crippen LogP contribution is -2.43. The zero-order valence-corrected chi connectivity index (χ0v) is 17.6. The molecule has 7 heteroatoms. The van der Waals surface area contributed by atoms with Crippen molar-refractivity contribution < 1.29 is 23.9 Å². The smallest absolute Gasteiger partial charge is 0.303 e. The summed E-state index contributed by atoms with van der Waals surface area (Å²) in [5.41, 5.74) is 0.966. The second-order valence-electron chi connectivity index (χ2n) is 6.70. The number of hydrogen-bond acceptors (Lipinski definition) is 6. The Balaban J connectivity index is 3.03. The molecule has 0 fully saturated rings. The maximum absolute atomic E-state index is 11.6. The van der Waals surface area contributed by atoms with E-state index >= 15 is 0 Å². The molecule has 0 aliphatic carbocycles. The van der Waals surface area contributed by atoms with Crippen molar-refractivity contribution in [3.63, 3.8) is 0 Å². The topological polar surface area (TPSA) is 94.6 Å². The summed E-state index contributed by atoms with van der Waals surface area (Å²) in [7, 11) is 0. The average Bonchev–Trinajstić information content (AvgIpc) is 2.66. The first kappa shape index (κ1) is 24.2. The van der Waals surface area contributed by atoms with Crippen molar-refractivity contribution in [2.45, 2.75) is 71.9 Å². The minimum absolute atomic E-state index is 0.151. The molecule has 0 saturated heterocycles. The Bertz CT molecular complexity index is 751. The molecule has 2 unspecified atom stereocenters. The van der Waals surface area contributed by atoms with E-state index in [9.17, 15) is 14.4 Å². The molecular weight excluding hydrogens is 372 g/mol. The van der Waals surface area contributed by atoms with Crippen LogP contribution >= 0.6 is 0 Å². The number of unbranched alkanes of at least 4 members (excludes halogenated alkanes) is 4. The number of rotatable bonds is 10. The molecule has 1 amide bonds. The van der Waals surface area contributed by atoms with Crippen LogP contribution in [0.15, 0.2) is 18.2 Å². The summed E-state index contributed by atoms with van der Waals surface area (Å²) in [5.74, 6) is 4.75. The monoisotopic (exact) mass is 402 g/mol. The predicted octanol–water partition coefficient (Wildman–Crippen LogP) is 3.08. The number of nitrogens with zero attached hydrogens (tertiary/aromatic N) is 1. The molecule has 1 rings (SSSR count). The summed E-state index contributed by atoms with van der Waals surface area (Å²) in [6, 6.07) is 4.44. The van der Waals surface area contributed by atoms with Gasteiger partial charge >= 0.3 is 11.9 Å². The van der Waals surface area contributed by atoms with Crippen LogP contribution in [0.5, 0.6) is 0 Å². The molecule has 0 aliphatic heterocycles. The highest BCUT2D eigenvalue weighted by atomic mass is 16.6. The molecule has 7 nitrogen and oxygen atoms in total. The Kier molecular flexibility index (Phi) is 11.1. The van der Waals surface area contributed by atoms with Crippen LogP contribution in [0.25, 0.3) is 0 Å². The number of esters is 2. The fourth-order valence-corrected chi connectivity index (χ4v) is 2.67. The van der Waals surface area contributed by atoms with Crippen LogP contribution < -0.4 is 5.32 Å². The summed E-state index contributed by atoms with van der Waals surface area (Å²) in [6.07, 6.45) is 4.46. The standard InChI is InChI=1S/C22H30N2O5/c1-5-6-7-8-9-10-12-19-13-11-14-20(24-19)22(29-18(4)27)21(23-16(2)25)15-28-17(3)26/h11,13-14,21-22H,5-9,15H2,1-4H3,(H,23,25). The van der Waals surface area contributed by atoms with Crippen LogP contribution in [0.2, 0.25) is 0 Å². The van der Waals surface area contributed by atoms with E-state index in [1.165, 1.54) is 33.6 Å². The van der Waals surface area contributed by atoms with Gasteiger partial charge in [0.05, 0.1) is 5.69 Å². The highest BCUT2D eigenvalue weighted by Crippen LogP contribution is 2.21. The van der Waals surface area contributed by atoms with E-state index in [0.29, 0.717) is 11.4 Å². The van der Waals surface area contributed by atoms with Crippen molar-refractivity contribution in [3.05, 3.63) is 29.6 Å². The summed E-state index contributed by atoms with van der Waals surface area (Å²) >= 11 is 0. The summed E-state index contributed by atoms with van der Waals surface area (Å²) in [5, 5.41) is 2.66. The van der Waals surface area contributed by atoms with Gasteiger partial charge < -0.3 is 14.8 Å². The molecule has 2 atom stereocenters. The number of carbonyl (C=O) groups excluding carboxylic acids is 3. The number of carbonyl (C=O) groups is 3. The quantitative estimate of drug-likeness (QED) is 0.367. The van der Waals surface area contributed by atoms with Crippen LogP contribution in [-0.2, 0) is 23.9 Å². The van der Waals surface area contributed by atoms with E-state index in [4.69, 9.17) is 9.47 Å². The third kappa shape index (κ3) is 10.3. The first-order valence-electron chi connectivity index (χ1n) is 9.87. The molecule has 29 heavy (non-hydrogen) atoms. The van der Waals surface area contributed by atoms with Crippen molar-refractivity contribution in [3.8, 4) is 11.8 Å². The van der Waals surface area contributed by atoms with Gasteiger partial charge in [0.25, 0.3) is 0 Å². The Labute approximate surface area is 172 Å². The van der Waals surface area contributed by atoms with Gasteiger partial charge in [-0.1, -0.05) is 38.2 Å². The number of ether oxygens (including phenoxy) is 2. The van der Waals surface area contributed by atoms with Gasteiger partial charge in [-0.25, -0.2) is 4.98 Å². The SMILES string of the molecule is CCCCCCC#Cc1cccc(C(OC(C)=O)C(COC(C)=O)NC(C)=O)n1. The normalized spacial score (nSPS) is 12.1. The van der Waals surface area contributed by atoms with E-state index in [-0.39, 0.29) is 12.5 Å². The first-order valence-corrected chi connectivity index (χ1v) is 9.87. The van der Waals surface area contributed by atoms with Gasteiger partial charge in [0.2, 0.25) is 5.91 Å². The fourth-order valence-electron chi connectivity index (χ4n) is 2.67. The highest BCUT2D eigenvalue weighted by Gasteiger charge is 2.29. The third-order valence-corrected chi connectivity index (χ3v) is 3.95. The Morgan fingerprint density at radius 1 is 1.10 bits per heavy atom. The highest BCUT2D eigenvalue weighted by molar-refractivity contribution is 5.73. The number of hydrogen-bond donors (Lipinski definition) is 1. The van der Waals surface area contributed by atoms with E-state index < -0.39 is 24.1 Å². The van der Waals surface area contributed by atoms with Gasteiger partial charge in [-0.15, -0.1) is 0 Å². The molecule has 0 aromatic carbocycles. The minimum atomic E-state index is -0.915. The van der Waals surface area contributed by atoms with Crippen LogP contribution in [0.1, 0.15) is 77.3 Å². The molecule has 0 saturated carbocycles. The lowest BCUT2D eigenvalue weighted by molar-refractivity contribution is -0.152. The molecule has 158 valence electrons. The third-order valence-electron chi connectivity index (χ3n) is 3.95. The van der Waals surface area contributed by atoms with Crippen LogP contribution in [-0.4, -0.2) is 35.5 Å². The van der Waals surface area contributed by atoms with E-state index in [1.54, 1.807) is 18.2 Å². The molecule has 0 spiro atoms. The molecule has 0 radical (unpaired) electrons. The van der Waals surface area contributed by atoms with Crippen molar-refractivity contribution in [2.75, 3.05) is 6.61 Å². The van der Waals surface area contributed by atoms with Gasteiger partial charge in [0.1, 0.15) is 18.3 Å². The maximum Gasteiger partial charge on any atom is 0.303 e. The van der Waals surface area contributed by atoms with Gasteiger partial charge in [0.15, 0.2) is 6.10 Å². The minimum Gasteiger partial charge on any atom is -0.464 e. The van der Waals surface area contributed by atoms with Crippen LogP contribution in [0, 0.1) is 11.8 Å². The lowest BCUT2D eigenvalue weighted by Gasteiger charge is -2.26. The number of aromatic nitrogens is 1. The number of amides is 1. The number of pyridine rings is 1.